The molecule has 1 aliphatic rings. The highest BCUT2D eigenvalue weighted by molar-refractivity contribution is 4.85. The van der Waals surface area contributed by atoms with Gasteiger partial charge in [-0.25, -0.2) is 0 Å². The molecule has 0 aromatic carbocycles. The van der Waals surface area contributed by atoms with E-state index in [4.69, 9.17) is 4.74 Å². The first-order valence-corrected chi connectivity index (χ1v) is 7.23. The van der Waals surface area contributed by atoms with Crippen molar-refractivity contribution >= 4 is 0 Å². The van der Waals surface area contributed by atoms with Crippen LogP contribution in [0.25, 0.3) is 0 Å². The summed E-state index contributed by atoms with van der Waals surface area (Å²) >= 11 is 0. The fourth-order valence-corrected chi connectivity index (χ4v) is 2.94. The first-order chi connectivity index (χ1) is 8.55. The number of aliphatic hydroxyl groups is 1. The number of piperidine rings is 1. The van der Waals surface area contributed by atoms with E-state index in [1.54, 1.807) is 7.11 Å². The molecule has 1 aliphatic heterocycles. The van der Waals surface area contributed by atoms with Crippen LogP contribution in [0.5, 0.6) is 0 Å². The van der Waals surface area contributed by atoms with E-state index >= 15 is 0 Å². The number of hydrogen-bond acceptors (Lipinski definition) is 4. The van der Waals surface area contributed by atoms with Crippen LogP contribution in [0.2, 0.25) is 0 Å². The quantitative estimate of drug-likeness (QED) is 0.707. The third-order valence-electron chi connectivity index (χ3n) is 3.87. The van der Waals surface area contributed by atoms with Gasteiger partial charge in [0.25, 0.3) is 0 Å². The van der Waals surface area contributed by atoms with Crippen LogP contribution in [-0.4, -0.2) is 61.2 Å². The van der Waals surface area contributed by atoms with Crippen molar-refractivity contribution in [2.24, 2.45) is 0 Å². The van der Waals surface area contributed by atoms with Crippen LogP contribution in [0.3, 0.4) is 0 Å². The molecule has 0 amide bonds. The molecule has 1 N–H and O–H groups in total. The predicted molar refractivity (Wildman–Crippen MR) is 74.4 cm³/mol. The summed E-state index contributed by atoms with van der Waals surface area (Å²) in [6.45, 7) is 4.25. The van der Waals surface area contributed by atoms with E-state index in [-0.39, 0.29) is 6.17 Å². The SMILES string of the molecule is CCCCC(O)(OC)C(N(C)C)N1CCCCC1. The molecule has 1 fully saturated rings. The van der Waals surface area contributed by atoms with Crippen molar-refractivity contribution < 1.29 is 9.84 Å². The second-order valence-electron chi connectivity index (χ2n) is 5.59. The van der Waals surface area contributed by atoms with E-state index in [0.717, 1.165) is 25.9 Å². The number of ether oxygens (including phenoxy) is 1. The molecule has 1 rings (SSSR count). The lowest BCUT2D eigenvalue weighted by atomic mass is 10.0. The third kappa shape index (κ3) is 3.92. The van der Waals surface area contributed by atoms with Gasteiger partial charge in [-0.3, -0.25) is 9.80 Å². The van der Waals surface area contributed by atoms with Crippen LogP contribution in [0, 0.1) is 0 Å². The second kappa shape index (κ2) is 7.43. The van der Waals surface area contributed by atoms with Gasteiger partial charge in [-0.2, -0.15) is 0 Å². The Morgan fingerprint density at radius 3 is 2.33 bits per heavy atom. The lowest BCUT2D eigenvalue weighted by molar-refractivity contribution is -0.259. The van der Waals surface area contributed by atoms with Gasteiger partial charge >= 0.3 is 0 Å². The maximum atomic E-state index is 10.8. The van der Waals surface area contributed by atoms with Crippen LogP contribution in [-0.2, 0) is 4.74 Å². The third-order valence-corrected chi connectivity index (χ3v) is 3.87. The van der Waals surface area contributed by atoms with E-state index in [0.29, 0.717) is 6.42 Å². The average molecular weight is 258 g/mol. The zero-order valence-corrected chi connectivity index (χ0v) is 12.5. The van der Waals surface area contributed by atoms with Gasteiger partial charge in [0, 0.05) is 13.5 Å². The lowest BCUT2D eigenvalue weighted by Crippen LogP contribution is -2.61. The molecule has 0 aromatic heterocycles. The van der Waals surface area contributed by atoms with E-state index in [9.17, 15) is 5.11 Å². The molecule has 108 valence electrons. The van der Waals surface area contributed by atoms with Gasteiger partial charge in [-0.15, -0.1) is 0 Å². The summed E-state index contributed by atoms with van der Waals surface area (Å²) < 4.78 is 5.49. The van der Waals surface area contributed by atoms with Crippen LogP contribution < -0.4 is 0 Å². The van der Waals surface area contributed by atoms with Gasteiger partial charge in [0.05, 0.1) is 0 Å². The molecule has 1 saturated heterocycles. The fourth-order valence-electron chi connectivity index (χ4n) is 2.94. The Hall–Kier alpha value is -0.160. The van der Waals surface area contributed by atoms with Crippen molar-refractivity contribution in [3.8, 4) is 0 Å². The van der Waals surface area contributed by atoms with Crippen LogP contribution >= 0.6 is 0 Å². The molecular weight excluding hydrogens is 228 g/mol. The minimum atomic E-state index is -1.06. The van der Waals surface area contributed by atoms with Gasteiger partial charge in [0.15, 0.2) is 5.79 Å². The zero-order valence-electron chi connectivity index (χ0n) is 12.5. The summed E-state index contributed by atoms with van der Waals surface area (Å²) in [7, 11) is 5.67. The molecule has 1 heterocycles. The molecule has 0 bridgehead atoms. The molecule has 2 atom stereocenters. The number of methoxy groups -OCH3 is 1. The van der Waals surface area contributed by atoms with Gasteiger partial charge in [0.1, 0.15) is 6.17 Å². The summed E-state index contributed by atoms with van der Waals surface area (Å²) in [4.78, 5) is 4.45. The predicted octanol–water partition coefficient (Wildman–Crippen LogP) is 1.89. The molecule has 0 aromatic rings. The minimum Gasteiger partial charge on any atom is -0.363 e. The topological polar surface area (TPSA) is 35.9 Å². The van der Waals surface area contributed by atoms with Gasteiger partial charge < -0.3 is 9.84 Å². The zero-order chi connectivity index (χ0) is 13.6. The van der Waals surface area contributed by atoms with Crippen LogP contribution in [0.15, 0.2) is 0 Å². The largest absolute Gasteiger partial charge is 0.363 e. The molecule has 0 radical (unpaired) electrons. The normalized spacial score (nSPS) is 23.0. The van der Waals surface area contributed by atoms with Crippen molar-refractivity contribution in [3.63, 3.8) is 0 Å². The maximum Gasteiger partial charge on any atom is 0.194 e. The molecule has 18 heavy (non-hydrogen) atoms. The van der Waals surface area contributed by atoms with Gasteiger partial charge in [0.2, 0.25) is 0 Å². The number of likely N-dealkylation sites (N-methyl/N-ethyl adjacent to an activating group) is 1. The molecule has 4 heteroatoms. The summed E-state index contributed by atoms with van der Waals surface area (Å²) in [5.74, 6) is -1.06. The summed E-state index contributed by atoms with van der Waals surface area (Å²) in [5, 5.41) is 10.8. The monoisotopic (exact) mass is 258 g/mol. The Morgan fingerprint density at radius 2 is 1.89 bits per heavy atom. The number of unbranched alkanes of at least 4 members (excludes halogenated alkanes) is 1. The number of rotatable bonds is 7. The smallest absolute Gasteiger partial charge is 0.194 e. The number of hydrogen-bond donors (Lipinski definition) is 1. The van der Waals surface area contributed by atoms with E-state index < -0.39 is 5.79 Å². The first-order valence-electron chi connectivity index (χ1n) is 7.23. The van der Waals surface area contributed by atoms with Crippen LogP contribution in [0.1, 0.15) is 45.4 Å². The molecule has 0 spiro atoms. The highest BCUT2D eigenvalue weighted by Crippen LogP contribution is 2.27. The van der Waals surface area contributed by atoms with E-state index in [1.807, 2.05) is 14.1 Å². The summed E-state index contributed by atoms with van der Waals surface area (Å²) in [6, 6.07) is 0. The molecule has 0 aliphatic carbocycles. The first kappa shape index (κ1) is 15.9. The van der Waals surface area contributed by atoms with Crippen molar-refractivity contribution in [2.45, 2.75) is 57.4 Å². The number of nitrogens with zero attached hydrogens (tertiary/aromatic N) is 2. The minimum absolute atomic E-state index is 0.0469. The Labute approximate surface area is 112 Å². The highest BCUT2D eigenvalue weighted by Gasteiger charge is 2.41. The standard InChI is InChI=1S/C14H30N2O2/c1-5-6-10-14(17,18-4)13(15(2)3)16-11-8-7-9-12-16/h13,17H,5-12H2,1-4H3. The summed E-state index contributed by atoms with van der Waals surface area (Å²) in [6.07, 6.45) is 6.45. The second-order valence-corrected chi connectivity index (χ2v) is 5.59. The molecule has 2 unspecified atom stereocenters. The van der Waals surface area contributed by atoms with Crippen molar-refractivity contribution in [1.82, 2.24) is 9.80 Å². The van der Waals surface area contributed by atoms with Crippen LogP contribution in [0.4, 0.5) is 0 Å². The molecule has 0 saturated carbocycles. The average Bonchev–Trinajstić information content (AvgIpc) is 2.37. The molecule has 4 nitrogen and oxygen atoms in total. The summed E-state index contributed by atoms with van der Waals surface area (Å²) in [5.41, 5.74) is 0. The van der Waals surface area contributed by atoms with Crippen molar-refractivity contribution in [1.29, 1.82) is 0 Å². The Balaban J connectivity index is 2.78. The Kier molecular flexibility index (Phi) is 6.57. The highest BCUT2D eigenvalue weighted by atomic mass is 16.6. The van der Waals surface area contributed by atoms with E-state index in [2.05, 4.69) is 16.7 Å². The molecular formula is C14H30N2O2. The maximum absolute atomic E-state index is 10.8. The van der Waals surface area contributed by atoms with Gasteiger partial charge in [-0.05, 0) is 46.4 Å². The lowest BCUT2D eigenvalue weighted by Gasteiger charge is -2.46. The number of likely N-dealkylation sites (tertiary alicyclic amines) is 1. The Bertz CT molecular complexity index is 230. The van der Waals surface area contributed by atoms with Crippen molar-refractivity contribution in [3.05, 3.63) is 0 Å². The van der Waals surface area contributed by atoms with E-state index in [1.165, 1.54) is 19.3 Å². The van der Waals surface area contributed by atoms with Gasteiger partial charge in [-0.1, -0.05) is 19.8 Å². The Morgan fingerprint density at radius 1 is 1.28 bits per heavy atom. The van der Waals surface area contributed by atoms with Crippen molar-refractivity contribution in [2.75, 3.05) is 34.3 Å². The fraction of sp³-hybridized carbons (Fsp3) is 1.00.